The summed E-state index contributed by atoms with van der Waals surface area (Å²) in [6.07, 6.45) is 1.96. The molecule has 1 aromatic rings. The molecule has 1 aromatic heterocycles. The number of hydrogen-bond donors (Lipinski definition) is 1. The van der Waals surface area contributed by atoms with Gasteiger partial charge in [0.15, 0.2) is 5.13 Å². The first kappa shape index (κ1) is 9.52. The van der Waals surface area contributed by atoms with Crippen LogP contribution < -0.4 is 5.32 Å². The van der Waals surface area contributed by atoms with Crippen molar-refractivity contribution in [1.29, 1.82) is 0 Å². The topological polar surface area (TPSA) is 24.9 Å². The summed E-state index contributed by atoms with van der Waals surface area (Å²) >= 11 is 1.74. The molecule has 0 aliphatic carbocycles. The van der Waals surface area contributed by atoms with Gasteiger partial charge in [-0.15, -0.1) is 11.3 Å². The minimum atomic E-state index is 0.228. The summed E-state index contributed by atoms with van der Waals surface area (Å²) in [5.41, 5.74) is 0.228. The van der Waals surface area contributed by atoms with Gasteiger partial charge in [-0.3, -0.25) is 0 Å². The molecule has 0 spiro atoms. The molecule has 0 radical (unpaired) electrons. The van der Waals surface area contributed by atoms with E-state index in [-0.39, 0.29) is 5.41 Å². The Morgan fingerprint density at radius 2 is 2.17 bits per heavy atom. The number of rotatable bonds is 2. The molecular weight excluding hydrogens is 168 g/mol. The van der Waals surface area contributed by atoms with Crippen molar-refractivity contribution in [2.75, 3.05) is 11.9 Å². The van der Waals surface area contributed by atoms with E-state index >= 15 is 0 Å². The molecule has 0 fully saturated rings. The van der Waals surface area contributed by atoms with Crippen LogP contribution in [-0.4, -0.2) is 11.5 Å². The van der Waals surface area contributed by atoms with Gasteiger partial charge in [0.2, 0.25) is 0 Å². The van der Waals surface area contributed by atoms with E-state index in [1.54, 1.807) is 11.3 Å². The van der Waals surface area contributed by atoms with Gasteiger partial charge in [0.1, 0.15) is 0 Å². The lowest BCUT2D eigenvalue weighted by molar-refractivity contribution is 0.602. The molecule has 1 heterocycles. The molecule has 1 rings (SSSR count). The van der Waals surface area contributed by atoms with Crippen LogP contribution in [0.15, 0.2) is 6.20 Å². The van der Waals surface area contributed by atoms with Crippen LogP contribution in [0.25, 0.3) is 0 Å². The van der Waals surface area contributed by atoms with Gasteiger partial charge in [-0.05, 0) is 12.3 Å². The first-order valence-corrected chi connectivity index (χ1v) is 5.06. The molecule has 68 valence electrons. The molecule has 0 unspecified atom stereocenters. The number of hydrogen-bond acceptors (Lipinski definition) is 3. The number of thiazole rings is 1. The van der Waals surface area contributed by atoms with Crippen LogP contribution in [-0.2, 0) is 5.41 Å². The van der Waals surface area contributed by atoms with Gasteiger partial charge < -0.3 is 5.32 Å². The minimum Gasteiger partial charge on any atom is -0.362 e. The van der Waals surface area contributed by atoms with Crippen molar-refractivity contribution >= 4 is 16.5 Å². The second-order valence-corrected chi connectivity index (χ2v) is 4.84. The van der Waals surface area contributed by atoms with E-state index in [4.69, 9.17) is 0 Å². The van der Waals surface area contributed by atoms with Gasteiger partial charge in [-0.1, -0.05) is 20.8 Å². The number of nitrogens with zero attached hydrogens (tertiary/aromatic N) is 1. The Hall–Kier alpha value is -0.570. The first-order chi connectivity index (χ1) is 5.54. The number of anilines is 1. The van der Waals surface area contributed by atoms with Crippen molar-refractivity contribution in [2.24, 2.45) is 0 Å². The maximum atomic E-state index is 4.28. The van der Waals surface area contributed by atoms with Crippen LogP contribution in [0.4, 0.5) is 5.13 Å². The lowest BCUT2D eigenvalue weighted by atomic mass is 9.96. The molecule has 12 heavy (non-hydrogen) atoms. The highest BCUT2D eigenvalue weighted by molar-refractivity contribution is 7.15. The third-order valence-electron chi connectivity index (χ3n) is 1.57. The van der Waals surface area contributed by atoms with Crippen molar-refractivity contribution in [1.82, 2.24) is 4.98 Å². The molecule has 1 N–H and O–H groups in total. The quantitative estimate of drug-likeness (QED) is 0.764. The molecule has 2 nitrogen and oxygen atoms in total. The first-order valence-electron chi connectivity index (χ1n) is 4.24. The predicted molar refractivity (Wildman–Crippen MR) is 55.0 cm³/mol. The molecule has 0 atom stereocenters. The second kappa shape index (κ2) is 3.44. The maximum absolute atomic E-state index is 4.28. The van der Waals surface area contributed by atoms with Gasteiger partial charge >= 0.3 is 0 Å². The average Bonchev–Trinajstić information content (AvgIpc) is 2.35. The van der Waals surface area contributed by atoms with Gasteiger partial charge in [0.25, 0.3) is 0 Å². The van der Waals surface area contributed by atoms with Crippen LogP contribution in [0.2, 0.25) is 0 Å². The van der Waals surface area contributed by atoms with Crippen molar-refractivity contribution in [3.63, 3.8) is 0 Å². The molecule has 3 heteroatoms. The van der Waals surface area contributed by atoms with E-state index in [1.165, 1.54) is 4.88 Å². The Bertz CT molecular complexity index is 247. The summed E-state index contributed by atoms with van der Waals surface area (Å²) in [7, 11) is 0. The van der Waals surface area contributed by atoms with Gasteiger partial charge in [-0.2, -0.15) is 0 Å². The summed E-state index contributed by atoms with van der Waals surface area (Å²) in [5, 5.41) is 4.24. The standard InChI is InChI=1S/C9H16N2S/c1-5-10-8-11-6-7(12-8)9(2,3)4/h6H,5H2,1-4H3,(H,10,11). The Labute approximate surface area is 78.0 Å². The lowest BCUT2D eigenvalue weighted by Crippen LogP contribution is -2.07. The molecular formula is C9H16N2S. The predicted octanol–water partition coefficient (Wildman–Crippen LogP) is 2.87. The van der Waals surface area contributed by atoms with E-state index < -0.39 is 0 Å². The minimum absolute atomic E-state index is 0.228. The molecule has 0 saturated heterocycles. The van der Waals surface area contributed by atoms with Crippen LogP contribution in [0.5, 0.6) is 0 Å². The molecule has 0 aliphatic rings. The van der Waals surface area contributed by atoms with Crippen molar-refractivity contribution in [3.05, 3.63) is 11.1 Å². The van der Waals surface area contributed by atoms with Gasteiger partial charge in [-0.25, -0.2) is 4.98 Å². The Morgan fingerprint density at radius 3 is 2.58 bits per heavy atom. The van der Waals surface area contributed by atoms with E-state index in [0.717, 1.165) is 11.7 Å². The van der Waals surface area contributed by atoms with E-state index in [1.807, 2.05) is 6.20 Å². The zero-order valence-corrected chi connectivity index (χ0v) is 8.96. The van der Waals surface area contributed by atoms with Crippen LogP contribution in [0, 0.1) is 0 Å². The third kappa shape index (κ3) is 2.21. The van der Waals surface area contributed by atoms with E-state index in [2.05, 4.69) is 38.0 Å². The molecule has 0 amide bonds. The molecule has 0 bridgehead atoms. The zero-order valence-electron chi connectivity index (χ0n) is 8.14. The van der Waals surface area contributed by atoms with Crippen molar-refractivity contribution in [3.8, 4) is 0 Å². The highest BCUT2D eigenvalue weighted by Crippen LogP contribution is 2.29. The Kier molecular flexibility index (Phi) is 2.73. The van der Waals surface area contributed by atoms with Crippen LogP contribution in [0.3, 0.4) is 0 Å². The highest BCUT2D eigenvalue weighted by atomic mass is 32.1. The maximum Gasteiger partial charge on any atom is 0.182 e. The largest absolute Gasteiger partial charge is 0.362 e. The van der Waals surface area contributed by atoms with E-state index in [9.17, 15) is 0 Å². The molecule has 0 aromatic carbocycles. The summed E-state index contributed by atoms with van der Waals surface area (Å²) in [4.78, 5) is 5.61. The van der Waals surface area contributed by atoms with Crippen molar-refractivity contribution in [2.45, 2.75) is 33.1 Å². The van der Waals surface area contributed by atoms with Gasteiger partial charge in [0.05, 0.1) is 0 Å². The second-order valence-electron chi connectivity index (χ2n) is 3.81. The third-order valence-corrected chi connectivity index (χ3v) is 2.95. The smallest absolute Gasteiger partial charge is 0.182 e. The fourth-order valence-electron chi connectivity index (χ4n) is 0.854. The average molecular weight is 184 g/mol. The normalized spacial score (nSPS) is 11.7. The summed E-state index contributed by atoms with van der Waals surface area (Å²) in [5.74, 6) is 0. The van der Waals surface area contributed by atoms with E-state index in [0.29, 0.717) is 0 Å². The zero-order chi connectivity index (χ0) is 9.19. The fourth-order valence-corrected chi connectivity index (χ4v) is 1.80. The summed E-state index contributed by atoms with van der Waals surface area (Å²) in [6, 6.07) is 0. The van der Waals surface area contributed by atoms with Crippen LogP contribution in [0.1, 0.15) is 32.6 Å². The Morgan fingerprint density at radius 1 is 1.50 bits per heavy atom. The monoisotopic (exact) mass is 184 g/mol. The molecule has 0 saturated carbocycles. The van der Waals surface area contributed by atoms with Gasteiger partial charge in [0, 0.05) is 17.6 Å². The van der Waals surface area contributed by atoms with Crippen LogP contribution >= 0.6 is 11.3 Å². The fraction of sp³-hybridized carbons (Fsp3) is 0.667. The lowest BCUT2D eigenvalue weighted by Gasteiger charge is -2.14. The molecule has 0 aliphatic heterocycles. The number of aromatic nitrogens is 1. The SMILES string of the molecule is CCNc1ncc(C(C)(C)C)s1. The highest BCUT2D eigenvalue weighted by Gasteiger charge is 2.16. The van der Waals surface area contributed by atoms with Crippen molar-refractivity contribution < 1.29 is 0 Å². The summed E-state index contributed by atoms with van der Waals surface area (Å²) in [6.45, 7) is 9.64. The number of nitrogens with one attached hydrogen (secondary N) is 1. The summed E-state index contributed by atoms with van der Waals surface area (Å²) < 4.78 is 0. The Balaban J connectivity index is 2.77.